The zero-order chi connectivity index (χ0) is 13.2. The topological polar surface area (TPSA) is 59.0 Å². The Morgan fingerprint density at radius 1 is 1.39 bits per heavy atom. The minimum atomic E-state index is -0.709. The van der Waals surface area contributed by atoms with Crippen molar-refractivity contribution in [2.24, 2.45) is 5.41 Å². The van der Waals surface area contributed by atoms with Gasteiger partial charge in [-0.25, -0.2) is 0 Å². The Hall–Kier alpha value is -0.650. The summed E-state index contributed by atoms with van der Waals surface area (Å²) in [6.07, 6.45) is 2.30. The van der Waals surface area contributed by atoms with Gasteiger partial charge in [0.2, 0.25) is 0 Å². The molecule has 104 valence electrons. The molecule has 0 radical (unpaired) electrons. The van der Waals surface area contributed by atoms with E-state index < -0.39 is 5.97 Å². The highest BCUT2D eigenvalue weighted by molar-refractivity contribution is 5.73. The van der Waals surface area contributed by atoms with Crippen LogP contribution in [0.15, 0.2) is 0 Å². The fraction of sp³-hybridized carbons (Fsp3) is 0.923. The number of nitrogens with zero attached hydrogens (tertiary/aromatic N) is 1. The van der Waals surface area contributed by atoms with Crippen LogP contribution in [0.2, 0.25) is 0 Å². The fourth-order valence-electron chi connectivity index (χ4n) is 2.54. The van der Waals surface area contributed by atoms with Gasteiger partial charge in [0.25, 0.3) is 0 Å². The van der Waals surface area contributed by atoms with Crippen molar-refractivity contribution in [1.82, 2.24) is 4.90 Å². The number of ether oxygens (including phenoxy) is 2. The van der Waals surface area contributed by atoms with E-state index in [0.29, 0.717) is 13.2 Å². The highest BCUT2D eigenvalue weighted by atomic mass is 16.7. The molecule has 0 aromatic rings. The van der Waals surface area contributed by atoms with Crippen molar-refractivity contribution in [2.45, 2.75) is 45.4 Å². The first-order valence-electron chi connectivity index (χ1n) is 6.68. The van der Waals surface area contributed by atoms with Gasteiger partial charge in [0.05, 0.1) is 13.2 Å². The van der Waals surface area contributed by atoms with E-state index in [-0.39, 0.29) is 17.7 Å². The maximum atomic E-state index is 11.0. The molecule has 2 heterocycles. The van der Waals surface area contributed by atoms with Crippen LogP contribution >= 0.6 is 0 Å². The van der Waals surface area contributed by atoms with Crippen LogP contribution in [0.1, 0.15) is 33.1 Å². The third kappa shape index (κ3) is 3.43. The molecule has 1 atom stereocenters. The molecule has 0 aromatic carbocycles. The molecule has 2 fully saturated rings. The third-order valence-corrected chi connectivity index (χ3v) is 3.62. The maximum absolute atomic E-state index is 11.0. The molecule has 5 heteroatoms. The predicted molar refractivity (Wildman–Crippen MR) is 66.3 cm³/mol. The second-order valence-corrected chi connectivity index (χ2v) is 6.04. The molecule has 0 saturated carbocycles. The summed E-state index contributed by atoms with van der Waals surface area (Å²) in [5.41, 5.74) is 0.0910. The number of carboxylic acid groups (broad SMARTS) is 1. The van der Waals surface area contributed by atoms with Crippen LogP contribution in [0.25, 0.3) is 0 Å². The van der Waals surface area contributed by atoms with Gasteiger partial charge in [-0.1, -0.05) is 13.8 Å². The number of likely N-dealkylation sites (tertiary alicyclic amines) is 1. The van der Waals surface area contributed by atoms with Crippen molar-refractivity contribution in [2.75, 3.05) is 26.3 Å². The van der Waals surface area contributed by atoms with E-state index in [2.05, 4.69) is 13.8 Å². The molecule has 0 aromatic heterocycles. The van der Waals surface area contributed by atoms with Crippen LogP contribution in [-0.2, 0) is 14.3 Å². The molecule has 2 saturated heterocycles. The molecular formula is C13H23NO4. The maximum Gasteiger partial charge on any atom is 0.320 e. The largest absolute Gasteiger partial charge is 0.480 e. The van der Waals surface area contributed by atoms with E-state index in [4.69, 9.17) is 14.6 Å². The second-order valence-electron chi connectivity index (χ2n) is 6.04. The number of hydrogen-bond donors (Lipinski definition) is 1. The molecule has 1 N–H and O–H groups in total. The summed E-state index contributed by atoms with van der Waals surface area (Å²) >= 11 is 0. The molecule has 2 rings (SSSR count). The van der Waals surface area contributed by atoms with Crippen molar-refractivity contribution in [3.63, 3.8) is 0 Å². The summed E-state index contributed by atoms with van der Waals surface area (Å²) in [4.78, 5) is 13.1. The molecule has 0 spiro atoms. The van der Waals surface area contributed by atoms with Gasteiger partial charge in [-0.05, 0) is 19.4 Å². The Bertz CT molecular complexity index is 295. The van der Waals surface area contributed by atoms with E-state index in [1.807, 2.05) is 4.90 Å². The Balaban J connectivity index is 1.73. The monoisotopic (exact) mass is 257 g/mol. The van der Waals surface area contributed by atoms with Gasteiger partial charge in [-0.2, -0.15) is 0 Å². The van der Waals surface area contributed by atoms with Crippen molar-refractivity contribution < 1.29 is 19.4 Å². The summed E-state index contributed by atoms with van der Waals surface area (Å²) < 4.78 is 11.3. The standard InChI is InChI=1S/C13H23NO4/c1-13(2)8-17-11(18-9-13)5-7-14-6-3-4-10(14)12(15)16/h10-11H,3-9H2,1-2H3,(H,15,16)/t10-/m0/s1. The van der Waals surface area contributed by atoms with Crippen molar-refractivity contribution >= 4 is 5.97 Å². The van der Waals surface area contributed by atoms with Crippen LogP contribution in [0, 0.1) is 5.41 Å². The second kappa shape index (κ2) is 5.55. The molecule has 18 heavy (non-hydrogen) atoms. The van der Waals surface area contributed by atoms with Crippen molar-refractivity contribution in [3.8, 4) is 0 Å². The normalized spacial score (nSPS) is 29.6. The van der Waals surface area contributed by atoms with E-state index in [1.165, 1.54) is 0 Å². The number of hydrogen-bond acceptors (Lipinski definition) is 4. The van der Waals surface area contributed by atoms with Crippen molar-refractivity contribution in [1.29, 1.82) is 0 Å². The minimum absolute atomic E-state index is 0.0910. The summed E-state index contributed by atoms with van der Waals surface area (Å²) in [6, 6.07) is -0.315. The highest BCUT2D eigenvalue weighted by Gasteiger charge is 2.32. The SMILES string of the molecule is CC1(C)COC(CCN2CCC[C@H]2C(=O)O)OC1. The van der Waals surface area contributed by atoms with Gasteiger partial charge in [0.1, 0.15) is 6.04 Å². The van der Waals surface area contributed by atoms with Gasteiger partial charge in [-0.3, -0.25) is 9.69 Å². The summed E-state index contributed by atoms with van der Waals surface area (Å²) in [5.74, 6) is -0.709. The lowest BCUT2D eigenvalue weighted by atomic mass is 9.95. The molecule has 2 aliphatic rings. The smallest absolute Gasteiger partial charge is 0.320 e. The average molecular weight is 257 g/mol. The number of aliphatic carboxylic acids is 1. The predicted octanol–water partition coefficient (Wildman–Crippen LogP) is 1.32. The number of carboxylic acids is 1. The summed E-state index contributed by atoms with van der Waals surface area (Å²) in [5, 5.41) is 9.09. The van der Waals surface area contributed by atoms with Crippen LogP contribution < -0.4 is 0 Å². The zero-order valence-corrected chi connectivity index (χ0v) is 11.2. The average Bonchev–Trinajstić information content (AvgIpc) is 2.76. The fourth-order valence-corrected chi connectivity index (χ4v) is 2.54. The van der Waals surface area contributed by atoms with E-state index >= 15 is 0 Å². The Morgan fingerprint density at radius 3 is 2.67 bits per heavy atom. The van der Waals surface area contributed by atoms with Gasteiger partial charge in [-0.15, -0.1) is 0 Å². The Labute approximate surface area is 108 Å². The Morgan fingerprint density at radius 2 is 2.06 bits per heavy atom. The van der Waals surface area contributed by atoms with Gasteiger partial charge in [0, 0.05) is 18.4 Å². The molecule has 0 amide bonds. The number of carbonyl (C=O) groups is 1. The zero-order valence-electron chi connectivity index (χ0n) is 11.2. The van der Waals surface area contributed by atoms with Crippen LogP contribution in [0.3, 0.4) is 0 Å². The summed E-state index contributed by atoms with van der Waals surface area (Å²) in [6.45, 7) is 7.26. The molecule has 2 aliphatic heterocycles. The quantitative estimate of drug-likeness (QED) is 0.823. The number of rotatable bonds is 4. The van der Waals surface area contributed by atoms with E-state index in [0.717, 1.165) is 32.4 Å². The third-order valence-electron chi connectivity index (χ3n) is 3.62. The van der Waals surface area contributed by atoms with E-state index in [9.17, 15) is 4.79 Å². The van der Waals surface area contributed by atoms with Gasteiger partial charge in [0.15, 0.2) is 6.29 Å². The van der Waals surface area contributed by atoms with Crippen LogP contribution in [-0.4, -0.2) is 54.6 Å². The molecule has 0 unspecified atom stereocenters. The first-order chi connectivity index (χ1) is 8.48. The lowest BCUT2D eigenvalue weighted by Crippen LogP contribution is -2.41. The molecule has 5 nitrogen and oxygen atoms in total. The van der Waals surface area contributed by atoms with Crippen LogP contribution in [0.4, 0.5) is 0 Å². The highest BCUT2D eigenvalue weighted by Crippen LogP contribution is 2.25. The minimum Gasteiger partial charge on any atom is -0.480 e. The Kier molecular flexibility index (Phi) is 4.25. The summed E-state index contributed by atoms with van der Waals surface area (Å²) in [7, 11) is 0. The van der Waals surface area contributed by atoms with Crippen molar-refractivity contribution in [3.05, 3.63) is 0 Å². The lowest BCUT2D eigenvalue weighted by Gasteiger charge is -2.35. The van der Waals surface area contributed by atoms with E-state index in [1.54, 1.807) is 0 Å². The van der Waals surface area contributed by atoms with Gasteiger partial charge < -0.3 is 14.6 Å². The first-order valence-corrected chi connectivity index (χ1v) is 6.68. The molecule has 0 aliphatic carbocycles. The molecule has 0 bridgehead atoms. The first kappa shape index (κ1) is 13.8. The molecular weight excluding hydrogens is 234 g/mol. The van der Waals surface area contributed by atoms with Gasteiger partial charge >= 0.3 is 5.97 Å². The lowest BCUT2D eigenvalue weighted by molar-refractivity contribution is -0.224. The van der Waals surface area contributed by atoms with Crippen LogP contribution in [0.5, 0.6) is 0 Å².